The summed E-state index contributed by atoms with van der Waals surface area (Å²) in [6, 6.07) is 17.0. The zero-order valence-electron chi connectivity index (χ0n) is 12.5. The molecule has 2 aromatic rings. The highest BCUT2D eigenvalue weighted by Crippen LogP contribution is 2.30. The van der Waals surface area contributed by atoms with Gasteiger partial charge in [0.2, 0.25) is 0 Å². The lowest BCUT2D eigenvalue weighted by molar-refractivity contribution is 0.0790. The summed E-state index contributed by atoms with van der Waals surface area (Å²) in [6.07, 6.45) is 0. The number of hydrogen-bond acceptors (Lipinski definition) is 3. The number of ether oxygens (including phenoxy) is 2. The van der Waals surface area contributed by atoms with E-state index in [2.05, 4.69) is 42.6 Å². The second-order valence-electron chi connectivity index (χ2n) is 5.40. The molecule has 0 fully saturated rings. The van der Waals surface area contributed by atoms with Crippen LogP contribution in [0.3, 0.4) is 0 Å². The molecule has 0 spiro atoms. The van der Waals surface area contributed by atoms with Crippen molar-refractivity contribution in [2.75, 3.05) is 13.7 Å². The highest BCUT2D eigenvalue weighted by molar-refractivity contribution is 5.36. The second kappa shape index (κ2) is 6.29. The zero-order chi connectivity index (χ0) is 14.7. The molecule has 3 nitrogen and oxygen atoms in total. The predicted octanol–water partition coefficient (Wildman–Crippen LogP) is 3.62. The first-order valence-electron chi connectivity index (χ1n) is 7.34. The molecule has 0 saturated carbocycles. The van der Waals surface area contributed by atoms with Crippen LogP contribution in [-0.4, -0.2) is 13.7 Å². The van der Waals surface area contributed by atoms with Crippen molar-refractivity contribution < 1.29 is 9.47 Å². The van der Waals surface area contributed by atoms with Gasteiger partial charge in [-0.1, -0.05) is 42.5 Å². The normalized spacial score (nSPS) is 18.9. The predicted molar refractivity (Wildman–Crippen MR) is 83.4 cm³/mol. The fourth-order valence-electron chi connectivity index (χ4n) is 2.94. The lowest BCUT2D eigenvalue weighted by atomic mass is 9.97. The molecule has 0 aliphatic carbocycles. The van der Waals surface area contributed by atoms with E-state index in [-0.39, 0.29) is 12.1 Å². The van der Waals surface area contributed by atoms with Gasteiger partial charge in [0.1, 0.15) is 5.75 Å². The Morgan fingerprint density at radius 1 is 1.14 bits per heavy atom. The summed E-state index contributed by atoms with van der Waals surface area (Å²) in [5, 5.41) is 3.66. The quantitative estimate of drug-likeness (QED) is 0.929. The molecule has 0 aromatic heterocycles. The molecule has 1 aliphatic heterocycles. The van der Waals surface area contributed by atoms with Crippen LogP contribution in [0.2, 0.25) is 0 Å². The molecule has 2 aromatic carbocycles. The monoisotopic (exact) mass is 283 g/mol. The van der Waals surface area contributed by atoms with Crippen LogP contribution < -0.4 is 10.1 Å². The van der Waals surface area contributed by atoms with E-state index in [9.17, 15) is 0 Å². The fourth-order valence-corrected chi connectivity index (χ4v) is 2.94. The van der Waals surface area contributed by atoms with Crippen LogP contribution in [0.15, 0.2) is 48.5 Å². The summed E-state index contributed by atoms with van der Waals surface area (Å²) in [7, 11) is 1.71. The summed E-state index contributed by atoms with van der Waals surface area (Å²) < 4.78 is 11.2. The molecule has 1 aliphatic rings. The van der Waals surface area contributed by atoms with E-state index in [0.29, 0.717) is 13.2 Å². The SMILES string of the molecule is COc1ccccc1C(C)NC1COCc2ccccc21. The van der Waals surface area contributed by atoms with Gasteiger partial charge in [-0.2, -0.15) is 0 Å². The molecule has 21 heavy (non-hydrogen) atoms. The largest absolute Gasteiger partial charge is 0.496 e. The van der Waals surface area contributed by atoms with Crippen LogP contribution in [0.5, 0.6) is 5.75 Å². The van der Waals surface area contributed by atoms with E-state index >= 15 is 0 Å². The molecule has 110 valence electrons. The molecule has 3 rings (SSSR count). The number of hydrogen-bond donors (Lipinski definition) is 1. The maximum Gasteiger partial charge on any atom is 0.123 e. The lowest BCUT2D eigenvalue weighted by Crippen LogP contribution is -2.31. The van der Waals surface area contributed by atoms with Gasteiger partial charge in [0.15, 0.2) is 0 Å². The number of fused-ring (bicyclic) bond motifs is 1. The minimum Gasteiger partial charge on any atom is -0.496 e. The zero-order valence-corrected chi connectivity index (χ0v) is 12.5. The number of methoxy groups -OCH3 is 1. The van der Waals surface area contributed by atoms with Gasteiger partial charge in [0, 0.05) is 11.6 Å². The fraction of sp³-hybridized carbons (Fsp3) is 0.333. The summed E-state index contributed by atoms with van der Waals surface area (Å²) in [5.74, 6) is 0.919. The summed E-state index contributed by atoms with van der Waals surface area (Å²) in [6.45, 7) is 3.57. The van der Waals surface area contributed by atoms with Crippen LogP contribution in [0, 0.1) is 0 Å². The molecule has 2 atom stereocenters. The first-order valence-corrected chi connectivity index (χ1v) is 7.34. The maximum atomic E-state index is 5.71. The summed E-state index contributed by atoms with van der Waals surface area (Å²) >= 11 is 0. The van der Waals surface area contributed by atoms with Crippen molar-refractivity contribution in [2.24, 2.45) is 0 Å². The van der Waals surface area contributed by atoms with Gasteiger partial charge in [-0.15, -0.1) is 0 Å². The Balaban J connectivity index is 1.81. The van der Waals surface area contributed by atoms with Gasteiger partial charge in [-0.05, 0) is 24.1 Å². The highest BCUT2D eigenvalue weighted by Gasteiger charge is 2.23. The van der Waals surface area contributed by atoms with Gasteiger partial charge >= 0.3 is 0 Å². The average molecular weight is 283 g/mol. The molecule has 3 heteroatoms. The van der Waals surface area contributed by atoms with Crippen molar-refractivity contribution in [1.29, 1.82) is 0 Å². The van der Waals surface area contributed by atoms with Crippen LogP contribution in [0.25, 0.3) is 0 Å². The van der Waals surface area contributed by atoms with E-state index in [1.54, 1.807) is 7.11 Å². The minimum atomic E-state index is 0.195. The first-order chi connectivity index (χ1) is 10.3. The van der Waals surface area contributed by atoms with Crippen molar-refractivity contribution in [3.8, 4) is 5.75 Å². The molecular formula is C18H21NO2. The Morgan fingerprint density at radius 3 is 2.76 bits per heavy atom. The van der Waals surface area contributed by atoms with Crippen molar-refractivity contribution in [3.05, 3.63) is 65.2 Å². The maximum absolute atomic E-state index is 5.71. The Morgan fingerprint density at radius 2 is 1.90 bits per heavy atom. The Kier molecular flexibility index (Phi) is 4.23. The van der Waals surface area contributed by atoms with E-state index < -0.39 is 0 Å². The van der Waals surface area contributed by atoms with E-state index in [0.717, 1.165) is 5.75 Å². The third kappa shape index (κ3) is 2.94. The molecule has 0 bridgehead atoms. The number of benzene rings is 2. The van der Waals surface area contributed by atoms with E-state index in [1.165, 1.54) is 16.7 Å². The van der Waals surface area contributed by atoms with E-state index in [1.807, 2.05) is 18.2 Å². The van der Waals surface area contributed by atoms with Gasteiger partial charge in [0.05, 0.1) is 26.4 Å². The van der Waals surface area contributed by atoms with Crippen molar-refractivity contribution in [2.45, 2.75) is 25.6 Å². The molecule has 0 amide bonds. The van der Waals surface area contributed by atoms with Crippen LogP contribution in [-0.2, 0) is 11.3 Å². The molecular weight excluding hydrogens is 262 g/mol. The molecule has 0 saturated heterocycles. The van der Waals surface area contributed by atoms with Crippen molar-refractivity contribution >= 4 is 0 Å². The van der Waals surface area contributed by atoms with Gasteiger partial charge in [0.25, 0.3) is 0 Å². The molecule has 1 N–H and O–H groups in total. The summed E-state index contributed by atoms with van der Waals surface area (Å²) in [4.78, 5) is 0. The number of rotatable bonds is 4. The standard InChI is InChI=1S/C18H21NO2/c1-13(15-8-5-6-10-18(15)20-2)19-17-12-21-11-14-7-3-4-9-16(14)17/h3-10,13,17,19H,11-12H2,1-2H3. The first kappa shape index (κ1) is 14.1. The summed E-state index contributed by atoms with van der Waals surface area (Å²) in [5.41, 5.74) is 3.78. The molecule has 2 unspecified atom stereocenters. The lowest BCUT2D eigenvalue weighted by Gasteiger charge is -2.30. The van der Waals surface area contributed by atoms with Crippen LogP contribution >= 0.6 is 0 Å². The van der Waals surface area contributed by atoms with E-state index in [4.69, 9.17) is 9.47 Å². The van der Waals surface area contributed by atoms with Gasteiger partial charge in [-0.25, -0.2) is 0 Å². The number of para-hydroxylation sites is 1. The molecule has 1 heterocycles. The number of nitrogens with one attached hydrogen (secondary N) is 1. The molecule has 0 radical (unpaired) electrons. The topological polar surface area (TPSA) is 30.5 Å². The van der Waals surface area contributed by atoms with Crippen LogP contribution in [0.1, 0.15) is 35.7 Å². The van der Waals surface area contributed by atoms with Gasteiger partial charge < -0.3 is 14.8 Å². The third-order valence-electron chi connectivity index (χ3n) is 4.03. The Hall–Kier alpha value is -1.84. The van der Waals surface area contributed by atoms with Gasteiger partial charge in [-0.3, -0.25) is 0 Å². The Labute approximate surface area is 125 Å². The smallest absolute Gasteiger partial charge is 0.123 e. The minimum absolute atomic E-state index is 0.195. The highest BCUT2D eigenvalue weighted by atomic mass is 16.5. The van der Waals surface area contributed by atoms with Crippen molar-refractivity contribution in [1.82, 2.24) is 5.32 Å². The third-order valence-corrected chi connectivity index (χ3v) is 4.03. The second-order valence-corrected chi connectivity index (χ2v) is 5.40. The average Bonchev–Trinajstić information content (AvgIpc) is 2.55. The Bertz CT molecular complexity index is 612. The van der Waals surface area contributed by atoms with Crippen LogP contribution in [0.4, 0.5) is 0 Å². The van der Waals surface area contributed by atoms with Crippen molar-refractivity contribution in [3.63, 3.8) is 0 Å².